The quantitative estimate of drug-likeness (QED) is 0.942. The number of aromatic nitrogens is 2. The lowest BCUT2D eigenvalue weighted by molar-refractivity contribution is 0.0286. The van der Waals surface area contributed by atoms with E-state index < -0.39 is 0 Å². The van der Waals surface area contributed by atoms with Crippen molar-refractivity contribution in [3.8, 4) is 11.1 Å². The van der Waals surface area contributed by atoms with E-state index in [2.05, 4.69) is 15.1 Å². The van der Waals surface area contributed by atoms with Gasteiger partial charge < -0.3 is 4.74 Å². The fourth-order valence-electron chi connectivity index (χ4n) is 4.00. The Labute approximate surface area is 135 Å². The summed E-state index contributed by atoms with van der Waals surface area (Å²) in [5.74, 6) is -0.189. The van der Waals surface area contributed by atoms with E-state index in [0.29, 0.717) is 17.6 Å². The van der Waals surface area contributed by atoms with Gasteiger partial charge >= 0.3 is 0 Å². The number of hydrogen-bond acceptors (Lipinski definition) is 3. The van der Waals surface area contributed by atoms with E-state index in [4.69, 9.17) is 4.74 Å². The van der Waals surface area contributed by atoms with Gasteiger partial charge in [-0.15, -0.1) is 0 Å². The van der Waals surface area contributed by atoms with Gasteiger partial charge in [-0.2, -0.15) is 5.10 Å². The van der Waals surface area contributed by atoms with E-state index >= 15 is 0 Å². The maximum absolute atomic E-state index is 14.2. The van der Waals surface area contributed by atoms with Crippen molar-refractivity contribution in [3.63, 3.8) is 0 Å². The molecule has 1 atom stereocenters. The Kier molecular flexibility index (Phi) is 4.14. The molecule has 122 valence electrons. The highest BCUT2D eigenvalue weighted by Crippen LogP contribution is 2.39. The van der Waals surface area contributed by atoms with Crippen molar-refractivity contribution < 1.29 is 9.13 Å². The third-order valence-corrected chi connectivity index (χ3v) is 5.12. The molecule has 4 nitrogen and oxygen atoms in total. The highest BCUT2D eigenvalue weighted by molar-refractivity contribution is 5.66. The number of hydrogen-bond donors (Lipinski definition) is 1. The first-order chi connectivity index (χ1) is 11.3. The van der Waals surface area contributed by atoms with Gasteiger partial charge in [-0.25, -0.2) is 4.39 Å². The number of nitrogens with one attached hydrogen (secondary N) is 1. The molecule has 2 aliphatic rings. The van der Waals surface area contributed by atoms with Crippen LogP contribution in [0, 0.1) is 5.82 Å². The largest absolute Gasteiger partial charge is 0.381 e. The Morgan fingerprint density at radius 3 is 2.78 bits per heavy atom. The third kappa shape index (κ3) is 2.79. The SMILES string of the molecule is Fc1ccccc1-c1cn[nH]c1C1CCCN1C1CCOCC1. The van der Waals surface area contributed by atoms with Crippen LogP contribution in [0.5, 0.6) is 0 Å². The van der Waals surface area contributed by atoms with E-state index in [-0.39, 0.29) is 5.82 Å². The molecule has 5 heteroatoms. The minimum absolute atomic E-state index is 0.189. The van der Waals surface area contributed by atoms with E-state index in [1.165, 1.54) is 12.5 Å². The molecule has 0 aliphatic carbocycles. The van der Waals surface area contributed by atoms with Crippen LogP contribution in [0.2, 0.25) is 0 Å². The van der Waals surface area contributed by atoms with Gasteiger partial charge in [-0.3, -0.25) is 10.00 Å². The first-order valence-electron chi connectivity index (χ1n) is 8.46. The minimum atomic E-state index is -0.189. The van der Waals surface area contributed by atoms with Crippen LogP contribution >= 0.6 is 0 Å². The summed E-state index contributed by atoms with van der Waals surface area (Å²) in [6.07, 6.45) is 6.20. The highest BCUT2D eigenvalue weighted by atomic mass is 19.1. The summed E-state index contributed by atoms with van der Waals surface area (Å²) in [6.45, 7) is 2.79. The molecule has 2 aliphatic heterocycles. The predicted octanol–water partition coefficient (Wildman–Crippen LogP) is 3.53. The second kappa shape index (κ2) is 6.42. The van der Waals surface area contributed by atoms with E-state index in [1.54, 1.807) is 12.3 Å². The van der Waals surface area contributed by atoms with Crippen LogP contribution in [-0.4, -0.2) is 40.9 Å². The molecule has 2 aromatic rings. The maximum atomic E-state index is 14.2. The van der Waals surface area contributed by atoms with Gasteiger partial charge in [0.15, 0.2) is 0 Å². The van der Waals surface area contributed by atoms with Gasteiger partial charge in [0.2, 0.25) is 0 Å². The van der Waals surface area contributed by atoms with Crippen LogP contribution in [0.4, 0.5) is 4.39 Å². The van der Waals surface area contributed by atoms with Crippen molar-refractivity contribution in [2.75, 3.05) is 19.8 Å². The van der Waals surface area contributed by atoms with Crippen LogP contribution < -0.4 is 0 Å². The number of aromatic amines is 1. The summed E-state index contributed by atoms with van der Waals surface area (Å²) in [5, 5.41) is 7.37. The van der Waals surface area contributed by atoms with Crippen LogP contribution in [0.1, 0.15) is 37.4 Å². The zero-order valence-electron chi connectivity index (χ0n) is 13.2. The Hall–Kier alpha value is -1.72. The first-order valence-corrected chi connectivity index (χ1v) is 8.46. The zero-order valence-corrected chi connectivity index (χ0v) is 13.2. The van der Waals surface area contributed by atoms with Crippen LogP contribution in [-0.2, 0) is 4.74 Å². The van der Waals surface area contributed by atoms with Crippen molar-refractivity contribution >= 4 is 0 Å². The Morgan fingerprint density at radius 1 is 1.13 bits per heavy atom. The number of ether oxygens (including phenoxy) is 1. The summed E-state index contributed by atoms with van der Waals surface area (Å²) in [6, 6.07) is 7.81. The Bertz CT molecular complexity index is 666. The van der Waals surface area contributed by atoms with E-state index in [0.717, 1.165) is 50.3 Å². The summed E-state index contributed by atoms with van der Waals surface area (Å²) in [4.78, 5) is 2.57. The van der Waals surface area contributed by atoms with Crippen molar-refractivity contribution in [2.45, 2.75) is 37.8 Å². The van der Waals surface area contributed by atoms with E-state index in [1.807, 2.05) is 12.1 Å². The number of nitrogens with zero attached hydrogens (tertiary/aromatic N) is 2. The molecule has 4 rings (SSSR count). The van der Waals surface area contributed by atoms with Gasteiger partial charge in [0.05, 0.1) is 17.9 Å². The maximum Gasteiger partial charge on any atom is 0.131 e. The average Bonchev–Trinajstić information content (AvgIpc) is 3.25. The highest BCUT2D eigenvalue weighted by Gasteiger charge is 2.35. The Morgan fingerprint density at radius 2 is 1.96 bits per heavy atom. The fourth-order valence-corrected chi connectivity index (χ4v) is 4.00. The van der Waals surface area contributed by atoms with Gasteiger partial charge in [0.25, 0.3) is 0 Å². The molecule has 0 bridgehead atoms. The molecule has 0 saturated carbocycles. The monoisotopic (exact) mass is 315 g/mol. The molecule has 0 amide bonds. The molecular formula is C18H22FN3O. The molecule has 23 heavy (non-hydrogen) atoms. The summed E-state index contributed by atoms with van der Waals surface area (Å²) < 4.78 is 19.7. The minimum Gasteiger partial charge on any atom is -0.381 e. The van der Waals surface area contributed by atoms with Gasteiger partial charge in [-0.05, 0) is 38.3 Å². The second-order valence-corrected chi connectivity index (χ2v) is 6.42. The molecule has 0 radical (unpaired) electrons. The lowest BCUT2D eigenvalue weighted by atomic mass is 9.98. The third-order valence-electron chi connectivity index (χ3n) is 5.12. The van der Waals surface area contributed by atoms with Crippen molar-refractivity contribution in [1.29, 1.82) is 0 Å². The van der Waals surface area contributed by atoms with Gasteiger partial charge in [0.1, 0.15) is 5.82 Å². The normalized spacial score (nSPS) is 23.4. The molecular weight excluding hydrogens is 293 g/mol. The van der Waals surface area contributed by atoms with Crippen molar-refractivity contribution in [3.05, 3.63) is 42.0 Å². The number of rotatable bonds is 3. The first kappa shape index (κ1) is 14.8. The second-order valence-electron chi connectivity index (χ2n) is 6.42. The lowest BCUT2D eigenvalue weighted by Gasteiger charge is -2.35. The van der Waals surface area contributed by atoms with Crippen LogP contribution in [0.25, 0.3) is 11.1 Å². The summed E-state index contributed by atoms with van der Waals surface area (Å²) in [7, 11) is 0. The average molecular weight is 315 g/mol. The topological polar surface area (TPSA) is 41.2 Å². The van der Waals surface area contributed by atoms with Crippen molar-refractivity contribution in [2.24, 2.45) is 0 Å². The van der Waals surface area contributed by atoms with Gasteiger partial charge in [0, 0.05) is 30.4 Å². The van der Waals surface area contributed by atoms with E-state index in [9.17, 15) is 4.39 Å². The Balaban J connectivity index is 1.65. The molecule has 1 aromatic carbocycles. The zero-order chi connectivity index (χ0) is 15.6. The molecule has 1 N–H and O–H groups in total. The molecule has 2 fully saturated rings. The summed E-state index contributed by atoms with van der Waals surface area (Å²) >= 11 is 0. The number of benzene rings is 1. The number of likely N-dealkylation sites (tertiary alicyclic amines) is 1. The van der Waals surface area contributed by atoms with Crippen molar-refractivity contribution in [1.82, 2.24) is 15.1 Å². The molecule has 2 saturated heterocycles. The smallest absolute Gasteiger partial charge is 0.131 e. The lowest BCUT2D eigenvalue weighted by Crippen LogP contribution is -2.39. The fraction of sp³-hybridized carbons (Fsp3) is 0.500. The molecule has 3 heterocycles. The number of halogens is 1. The van der Waals surface area contributed by atoms with Gasteiger partial charge in [-0.1, -0.05) is 18.2 Å². The molecule has 1 aromatic heterocycles. The van der Waals surface area contributed by atoms with Crippen LogP contribution in [0.3, 0.4) is 0 Å². The number of H-pyrrole nitrogens is 1. The molecule has 0 spiro atoms. The molecule has 1 unspecified atom stereocenters. The standard InChI is InChI=1S/C18H22FN3O/c19-16-5-2-1-4-14(16)15-12-20-21-18(15)17-6-3-9-22(17)13-7-10-23-11-8-13/h1-2,4-5,12-13,17H,3,6-11H2,(H,20,21). The summed E-state index contributed by atoms with van der Waals surface area (Å²) in [5.41, 5.74) is 2.58. The van der Waals surface area contributed by atoms with Crippen LogP contribution in [0.15, 0.2) is 30.5 Å². The predicted molar refractivity (Wildman–Crippen MR) is 86.5 cm³/mol.